The van der Waals surface area contributed by atoms with Gasteiger partial charge in [0.05, 0.1) is 17.2 Å². The van der Waals surface area contributed by atoms with Gasteiger partial charge in [-0.3, -0.25) is 0 Å². The number of pyridine rings is 1. The van der Waals surface area contributed by atoms with Crippen LogP contribution in [0.25, 0.3) is 10.9 Å². The summed E-state index contributed by atoms with van der Waals surface area (Å²) < 4.78 is 79.3. The van der Waals surface area contributed by atoms with Gasteiger partial charge in [0.2, 0.25) is 0 Å². The van der Waals surface area contributed by atoms with Crippen LogP contribution >= 0.6 is 0 Å². The van der Waals surface area contributed by atoms with E-state index in [9.17, 15) is 31.4 Å². The lowest BCUT2D eigenvalue weighted by molar-refractivity contribution is -0.142. The Morgan fingerprint density at radius 2 is 1.52 bits per heavy atom. The van der Waals surface area contributed by atoms with Crippen LogP contribution in [-0.2, 0) is 18.8 Å². The van der Waals surface area contributed by atoms with Gasteiger partial charge in [0, 0.05) is 11.8 Å². The molecular formula is C19H13F6NO. The van der Waals surface area contributed by atoms with E-state index in [1.807, 2.05) is 0 Å². The van der Waals surface area contributed by atoms with Gasteiger partial charge >= 0.3 is 12.4 Å². The number of rotatable bonds is 3. The van der Waals surface area contributed by atoms with Crippen molar-refractivity contribution in [2.75, 3.05) is 0 Å². The SMILES string of the molecule is OC(Cc1ccccc1)c1cc(C(F)(F)F)nc2c(C(F)(F)F)cccc12. The maximum absolute atomic E-state index is 13.2. The van der Waals surface area contributed by atoms with Crippen LogP contribution in [0.15, 0.2) is 54.6 Å². The summed E-state index contributed by atoms with van der Waals surface area (Å²) in [5.74, 6) is 0. The van der Waals surface area contributed by atoms with E-state index in [2.05, 4.69) is 4.98 Å². The molecule has 0 bridgehead atoms. The van der Waals surface area contributed by atoms with Crippen molar-refractivity contribution in [3.8, 4) is 0 Å². The number of benzene rings is 2. The zero-order chi connectivity index (χ0) is 19.8. The Hall–Kier alpha value is -2.61. The lowest BCUT2D eigenvalue weighted by atomic mass is 9.96. The van der Waals surface area contributed by atoms with Gasteiger partial charge in [-0.2, -0.15) is 26.3 Å². The number of para-hydroxylation sites is 1. The Bertz CT molecular complexity index is 950. The minimum absolute atomic E-state index is 0.0481. The van der Waals surface area contributed by atoms with E-state index in [1.54, 1.807) is 30.3 Å². The number of hydrogen-bond donors (Lipinski definition) is 1. The van der Waals surface area contributed by atoms with Gasteiger partial charge in [0.1, 0.15) is 5.69 Å². The zero-order valence-corrected chi connectivity index (χ0v) is 13.6. The quantitative estimate of drug-likeness (QED) is 0.600. The fraction of sp³-hybridized carbons (Fsp3) is 0.211. The van der Waals surface area contributed by atoms with Crippen LogP contribution in [0.3, 0.4) is 0 Å². The average Bonchev–Trinajstić information content (AvgIpc) is 2.59. The van der Waals surface area contributed by atoms with E-state index in [4.69, 9.17) is 0 Å². The fourth-order valence-electron chi connectivity index (χ4n) is 2.87. The second-order valence-electron chi connectivity index (χ2n) is 6.00. The largest absolute Gasteiger partial charge is 0.433 e. The predicted molar refractivity (Wildman–Crippen MR) is 86.9 cm³/mol. The normalized spacial score (nSPS) is 13.7. The zero-order valence-electron chi connectivity index (χ0n) is 13.6. The maximum Gasteiger partial charge on any atom is 0.433 e. The van der Waals surface area contributed by atoms with E-state index >= 15 is 0 Å². The van der Waals surface area contributed by atoms with Gasteiger partial charge in [0.15, 0.2) is 0 Å². The third-order valence-corrected chi connectivity index (χ3v) is 4.10. The van der Waals surface area contributed by atoms with Crippen LogP contribution in [0.2, 0.25) is 0 Å². The third-order valence-electron chi connectivity index (χ3n) is 4.10. The summed E-state index contributed by atoms with van der Waals surface area (Å²) in [6.45, 7) is 0. The van der Waals surface area contributed by atoms with Gasteiger partial charge in [-0.25, -0.2) is 4.98 Å². The van der Waals surface area contributed by atoms with Crippen molar-refractivity contribution < 1.29 is 31.4 Å². The molecule has 1 N–H and O–H groups in total. The maximum atomic E-state index is 13.2. The van der Waals surface area contributed by atoms with Crippen molar-refractivity contribution in [2.45, 2.75) is 24.9 Å². The van der Waals surface area contributed by atoms with Crippen LogP contribution in [0.1, 0.15) is 28.5 Å². The summed E-state index contributed by atoms with van der Waals surface area (Å²) in [7, 11) is 0. The Balaban J connectivity index is 2.21. The van der Waals surface area contributed by atoms with E-state index in [1.165, 1.54) is 6.07 Å². The number of aromatic nitrogens is 1. The van der Waals surface area contributed by atoms with Gasteiger partial charge < -0.3 is 5.11 Å². The molecule has 0 saturated carbocycles. The minimum Gasteiger partial charge on any atom is -0.388 e. The molecule has 0 aliphatic rings. The van der Waals surface area contributed by atoms with Crippen LogP contribution in [-0.4, -0.2) is 10.1 Å². The van der Waals surface area contributed by atoms with Crippen LogP contribution in [0.5, 0.6) is 0 Å². The van der Waals surface area contributed by atoms with E-state index < -0.39 is 35.2 Å². The highest BCUT2D eigenvalue weighted by molar-refractivity contribution is 5.86. The standard InChI is InChI=1S/C19H13F6NO/c20-18(21,22)14-8-4-7-12-13(10-16(19(23,24)25)26-17(12)14)15(27)9-11-5-2-1-3-6-11/h1-8,10,15,27H,9H2. The molecule has 3 aromatic rings. The van der Waals surface area contributed by atoms with Gasteiger partial charge in [-0.05, 0) is 23.3 Å². The Morgan fingerprint density at radius 3 is 2.11 bits per heavy atom. The molecule has 27 heavy (non-hydrogen) atoms. The lowest BCUT2D eigenvalue weighted by Crippen LogP contribution is -2.14. The first-order chi connectivity index (χ1) is 12.6. The van der Waals surface area contributed by atoms with Crippen molar-refractivity contribution >= 4 is 10.9 Å². The molecule has 1 atom stereocenters. The van der Waals surface area contributed by atoms with Gasteiger partial charge in [0.25, 0.3) is 0 Å². The number of aliphatic hydroxyl groups is 1. The summed E-state index contributed by atoms with van der Waals surface area (Å²) in [5, 5.41) is 10.3. The number of alkyl halides is 6. The molecule has 0 radical (unpaired) electrons. The number of aliphatic hydroxyl groups excluding tert-OH is 1. The minimum atomic E-state index is -4.95. The van der Waals surface area contributed by atoms with E-state index in [0.717, 1.165) is 6.07 Å². The van der Waals surface area contributed by atoms with Crippen molar-refractivity contribution in [1.82, 2.24) is 4.98 Å². The third kappa shape index (κ3) is 4.05. The molecular weight excluding hydrogens is 372 g/mol. The smallest absolute Gasteiger partial charge is 0.388 e. The Morgan fingerprint density at radius 1 is 0.852 bits per heavy atom. The van der Waals surface area contributed by atoms with Crippen molar-refractivity contribution in [1.29, 1.82) is 0 Å². The molecule has 3 rings (SSSR count). The van der Waals surface area contributed by atoms with Gasteiger partial charge in [-0.1, -0.05) is 42.5 Å². The fourth-order valence-corrected chi connectivity index (χ4v) is 2.87. The highest BCUT2D eigenvalue weighted by Crippen LogP contribution is 2.39. The molecule has 0 fully saturated rings. The molecule has 0 amide bonds. The number of fused-ring (bicyclic) bond motifs is 1. The predicted octanol–water partition coefficient (Wildman–Crippen LogP) is 5.55. The topological polar surface area (TPSA) is 33.1 Å². The van der Waals surface area contributed by atoms with E-state index in [-0.39, 0.29) is 17.4 Å². The van der Waals surface area contributed by atoms with Crippen LogP contribution < -0.4 is 0 Å². The highest BCUT2D eigenvalue weighted by atomic mass is 19.4. The van der Waals surface area contributed by atoms with E-state index in [0.29, 0.717) is 17.7 Å². The molecule has 2 nitrogen and oxygen atoms in total. The Labute approximate surface area is 150 Å². The molecule has 1 heterocycles. The molecule has 2 aromatic carbocycles. The highest BCUT2D eigenvalue weighted by Gasteiger charge is 2.37. The second kappa shape index (κ2) is 6.84. The molecule has 0 saturated heterocycles. The molecule has 8 heteroatoms. The lowest BCUT2D eigenvalue weighted by Gasteiger charge is -2.18. The van der Waals surface area contributed by atoms with Crippen LogP contribution in [0.4, 0.5) is 26.3 Å². The molecule has 1 aromatic heterocycles. The van der Waals surface area contributed by atoms with Crippen molar-refractivity contribution in [3.05, 3.63) is 77.0 Å². The number of halogens is 6. The molecule has 142 valence electrons. The summed E-state index contributed by atoms with van der Waals surface area (Å²) in [5.41, 5.74) is -3.20. The van der Waals surface area contributed by atoms with Crippen molar-refractivity contribution in [3.63, 3.8) is 0 Å². The Kier molecular flexibility index (Phi) is 4.86. The van der Waals surface area contributed by atoms with Gasteiger partial charge in [-0.15, -0.1) is 0 Å². The monoisotopic (exact) mass is 385 g/mol. The molecule has 0 aliphatic heterocycles. The summed E-state index contributed by atoms with van der Waals surface area (Å²) in [6.07, 6.45) is -11.3. The number of nitrogens with zero attached hydrogens (tertiary/aromatic N) is 1. The average molecular weight is 385 g/mol. The second-order valence-corrected chi connectivity index (χ2v) is 6.00. The first-order valence-electron chi connectivity index (χ1n) is 7.87. The first-order valence-corrected chi connectivity index (χ1v) is 7.87. The summed E-state index contributed by atoms with van der Waals surface area (Å²) >= 11 is 0. The number of hydrogen-bond acceptors (Lipinski definition) is 2. The first kappa shape index (κ1) is 19.2. The van der Waals surface area contributed by atoms with Crippen LogP contribution in [0, 0.1) is 0 Å². The molecule has 1 unspecified atom stereocenters. The van der Waals surface area contributed by atoms with Crippen molar-refractivity contribution in [2.24, 2.45) is 0 Å². The molecule has 0 aliphatic carbocycles. The summed E-state index contributed by atoms with van der Waals surface area (Å²) in [4.78, 5) is 3.21. The summed E-state index contributed by atoms with van der Waals surface area (Å²) in [6, 6.07) is 12.0. The molecule has 0 spiro atoms.